The molecule has 0 bridgehead atoms. The number of carbonyl (C=O) groups excluding carboxylic acids is 3. The minimum atomic E-state index is -3.64. The average molecular weight is 387 g/mol. The van der Waals surface area contributed by atoms with Gasteiger partial charge in [-0.25, -0.2) is 12.7 Å². The predicted octanol–water partition coefficient (Wildman–Crippen LogP) is 1.12. The molecular weight excluding hydrogens is 370 g/mol. The molecule has 3 rings (SSSR count). The van der Waals surface area contributed by atoms with Gasteiger partial charge in [0.05, 0.1) is 18.0 Å². The molecule has 2 N–H and O–H groups in total. The molecule has 1 aliphatic rings. The summed E-state index contributed by atoms with van der Waals surface area (Å²) in [6, 6.07) is 14.4. The fourth-order valence-electron chi connectivity index (χ4n) is 2.61. The summed E-state index contributed by atoms with van der Waals surface area (Å²) in [7, 11) is -3.64. The Morgan fingerprint density at radius 3 is 2.26 bits per heavy atom. The maximum absolute atomic E-state index is 12.1. The second-order valence-corrected chi connectivity index (χ2v) is 7.81. The predicted molar refractivity (Wildman–Crippen MR) is 99.7 cm³/mol. The fourth-order valence-corrected chi connectivity index (χ4v) is 4.07. The summed E-state index contributed by atoms with van der Waals surface area (Å²) < 4.78 is 24.6. The Bertz CT molecular complexity index is 972. The maximum atomic E-state index is 12.1. The van der Waals surface area contributed by atoms with Gasteiger partial charge in [0.25, 0.3) is 5.91 Å². The molecule has 0 atom stereocenters. The molecule has 2 aromatic rings. The van der Waals surface area contributed by atoms with Gasteiger partial charge in [-0.1, -0.05) is 18.2 Å². The number of carbonyl (C=O) groups is 3. The first-order valence-corrected chi connectivity index (χ1v) is 9.77. The number of nitrogens with one attached hydrogen (secondary N) is 2. The quantitative estimate of drug-likeness (QED) is 0.798. The van der Waals surface area contributed by atoms with Crippen LogP contribution in [0.25, 0.3) is 0 Å². The molecule has 0 saturated carbocycles. The second kappa shape index (κ2) is 7.58. The Morgan fingerprint density at radius 2 is 1.67 bits per heavy atom. The minimum absolute atomic E-state index is 0.0545. The van der Waals surface area contributed by atoms with E-state index in [0.717, 1.165) is 4.31 Å². The van der Waals surface area contributed by atoms with Crippen LogP contribution in [0.15, 0.2) is 54.6 Å². The molecule has 1 heterocycles. The van der Waals surface area contributed by atoms with Gasteiger partial charge in [0, 0.05) is 17.7 Å². The minimum Gasteiger partial charge on any atom is -0.343 e. The molecule has 0 unspecified atom stereocenters. The number of para-hydroxylation sites is 1. The number of sulfonamides is 1. The largest absolute Gasteiger partial charge is 0.343 e. The van der Waals surface area contributed by atoms with Crippen molar-refractivity contribution in [2.24, 2.45) is 0 Å². The van der Waals surface area contributed by atoms with Gasteiger partial charge in [-0.2, -0.15) is 0 Å². The third kappa shape index (κ3) is 4.32. The Kier molecular flexibility index (Phi) is 5.22. The number of rotatable bonds is 5. The van der Waals surface area contributed by atoms with Crippen molar-refractivity contribution in [2.45, 2.75) is 6.42 Å². The molecule has 9 heteroatoms. The number of anilines is 2. The number of amides is 3. The van der Waals surface area contributed by atoms with E-state index in [0.29, 0.717) is 5.69 Å². The molecule has 1 aliphatic heterocycles. The summed E-state index contributed by atoms with van der Waals surface area (Å²) in [4.78, 5) is 35.7. The standard InChI is InChI=1S/C18H17N3O5S/c22-16(20-14-4-2-1-3-5-14)12-19-18(24)13-6-8-15(9-7-13)21-17(23)10-11-27(21,25)26/h1-9H,10-12H2,(H,19,24)(H,20,22). The highest BCUT2D eigenvalue weighted by molar-refractivity contribution is 7.94. The Hall–Kier alpha value is -3.20. The molecule has 0 radical (unpaired) electrons. The molecule has 8 nitrogen and oxygen atoms in total. The monoisotopic (exact) mass is 387 g/mol. The third-order valence-electron chi connectivity index (χ3n) is 3.91. The smallest absolute Gasteiger partial charge is 0.251 e. The molecule has 0 spiro atoms. The van der Waals surface area contributed by atoms with E-state index in [1.54, 1.807) is 24.3 Å². The molecule has 27 heavy (non-hydrogen) atoms. The van der Waals surface area contributed by atoms with E-state index in [4.69, 9.17) is 0 Å². The molecule has 3 amide bonds. The van der Waals surface area contributed by atoms with Crippen molar-refractivity contribution in [1.29, 1.82) is 0 Å². The van der Waals surface area contributed by atoms with E-state index >= 15 is 0 Å². The highest BCUT2D eigenvalue weighted by Crippen LogP contribution is 2.25. The zero-order valence-electron chi connectivity index (χ0n) is 14.2. The van der Waals surface area contributed by atoms with Gasteiger partial charge in [-0.05, 0) is 36.4 Å². The summed E-state index contributed by atoms with van der Waals surface area (Å²) in [6.45, 7) is -0.214. The van der Waals surface area contributed by atoms with Crippen molar-refractivity contribution in [3.63, 3.8) is 0 Å². The lowest BCUT2D eigenvalue weighted by atomic mass is 10.2. The normalized spacial score (nSPS) is 15.4. The highest BCUT2D eigenvalue weighted by Gasteiger charge is 2.36. The van der Waals surface area contributed by atoms with Gasteiger partial charge in [0.1, 0.15) is 0 Å². The molecule has 0 aliphatic carbocycles. The summed E-state index contributed by atoms with van der Waals surface area (Å²) in [6.07, 6.45) is -0.0545. The van der Waals surface area contributed by atoms with Crippen molar-refractivity contribution in [2.75, 3.05) is 21.9 Å². The van der Waals surface area contributed by atoms with E-state index in [9.17, 15) is 22.8 Å². The van der Waals surface area contributed by atoms with Crippen LogP contribution in [0.4, 0.5) is 11.4 Å². The summed E-state index contributed by atoms with van der Waals surface area (Å²) >= 11 is 0. The zero-order valence-corrected chi connectivity index (χ0v) is 15.0. The lowest BCUT2D eigenvalue weighted by Crippen LogP contribution is -2.33. The van der Waals surface area contributed by atoms with Gasteiger partial charge < -0.3 is 10.6 Å². The first-order valence-electron chi connectivity index (χ1n) is 8.16. The molecular formula is C18H17N3O5S. The van der Waals surface area contributed by atoms with E-state index in [-0.39, 0.29) is 35.9 Å². The first-order chi connectivity index (χ1) is 12.9. The van der Waals surface area contributed by atoms with Gasteiger partial charge >= 0.3 is 0 Å². The number of benzene rings is 2. The van der Waals surface area contributed by atoms with Crippen molar-refractivity contribution in [1.82, 2.24) is 5.32 Å². The Balaban J connectivity index is 1.59. The topological polar surface area (TPSA) is 113 Å². The van der Waals surface area contributed by atoms with Crippen LogP contribution in [0.2, 0.25) is 0 Å². The number of hydrogen-bond donors (Lipinski definition) is 2. The first kappa shape index (κ1) is 18.6. The molecule has 1 saturated heterocycles. The van der Waals surface area contributed by atoms with E-state index in [1.165, 1.54) is 24.3 Å². The summed E-state index contributed by atoms with van der Waals surface area (Å²) in [5, 5.41) is 5.13. The van der Waals surface area contributed by atoms with Crippen LogP contribution in [-0.4, -0.2) is 38.4 Å². The van der Waals surface area contributed by atoms with Crippen molar-refractivity contribution < 1.29 is 22.8 Å². The van der Waals surface area contributed by atoms with Crippen molar-refractivity contribution >= 4 is 39.1 Å². The zero-order chi connectivity index (χ0) is 19.4. The van der Waals surface area contributed by atoms with E-state index in [2.05, 4.69) is 10.6 Å². The van der Waals surface area contributed by atoms with Crippen LogP contribution in [0.5, 0.6) is 0 Å². The number of nitrogens with zero attached hydrogens (tertiary/aromatic N) is 1. The Labute approximate surface area is 156 Å². The van der Waals surface area contributed by atoms with Gasteiger partial charge in [-0.3, -0.25) is 14.4 Å². The van der Waals surface area contributed by atoms with Gasteiger partial charge in [-0.15, -0.1) is 0 Å². The molecule has 140 valence electrons. The fraction of sp³-hybridized carbons (Fsp3) is 0.167. The number of hydrogen-bond acceptors (Lipinski definition) is 5. The summed E-state index contributed by atoms with van der Waals surface area (Å²) in [5.74, 6) is -1.57. The van der Waals surface area contributed by atoms with Crippen LogP contribution in [-0.2, 0) is 19.6 Å². The molecule has 1 fully saturated rings. The van der Waals surface area contributed by atoms with Crippen molar-refractivity contribution in [3.8, 4) is 0 Å². The Morgan fingerprint density at radius 1 is 1.00 bits per heavy atom. The van der Waals surface area contributed by atoms with Crippen molar-refractivity contribution in [3.05, 3.63) is 60.2 Å². The SMILES string of the molecule is O=C(CNC(=O)c1ccc(N2C(=O)CCS2(=O)=O)cc1)Nc1ccccc1. The van der Waals surface area contributed by atoms with Crippen LogP contribution in [0.3, 0.4) is 0 Å². The lowest BCUT2D eigenvalue weighted by Gasteiger charge is -2.15. The molecule has 0 aromatic heterocycles. The van der Waals surface area contributed by atoms with Crippen LogP contribution >= 0.6 is 0 Å². The van der Waals surface area contributed by atoms with Gasteiger partial charge in [0.2, 0.25) is 21.8 Å². The van der Waals surface area contributed by atoms with Crippen LogP contribution in [0, 0.1) is 0 Å². The van der Waals surface area contributed by atoms with Gasteiger partial charge in [0.15, 0.2) is 0 Å². The van der Waals surface area contributed by atoms with Crippen LogP contribution in [0.1, 0.15) is 16.8 Å². The lowest BCUT2D eigenvalue weighted by molar-refractivity contribution is -0.116. The third-order valence-corrected chi connectivity index (χ3v) is 5.60. The highest BCUT2D eigenvalue weighted by atomic mass is 32.2. The second-order valence-electron chi connectivity index (χ2n) is 5.87. The van der Waals surface area contributed by atoms with E-state index in [1.807, 2.05) is 6.07 Å². The average Bonchev–Trinajstić information content (AvgIpc) is 2.93. The maximum Gasteiger partial charge on any atom is 0.251 e. The van der Waals surface area contributed by atoms with E-state index < -0.39 is 21.8 Å². The summed E-state index contributed by atoms with van der Waals surface area (Å²) in [5.41, 5.74) is 1.06. The molecule has 2 aromatic carbocycles. The van der Waals surface area contributed by atoms with Crippen LogP contribution < -0.4 is 14.9 Å².